The van der Waals surface area contributed by atoms with E-state index in [2.05, 4.69) is 24.5 Å². The van der Waals surface area contributed by atoms with Crippen LogP contribution in [0.25, 0.3) is 0 Å². The van der Waals surface area contributed by atoms with Gasteiger partial charge in [-0.1, -0.05) is 56.5 Å². The normalized spacial score (nSPS) is 14.3. The first-order valence-electron chi connectivity index (χ1n) is 12.2. The van der Waals surface area contributed by atoms with E-state index in [1.54, 1.807) is 4.90 Å². The number of hydrogen-bond acceptors (Lipinski definition) is 2. The summed E-state index contributed by atoms with van der Waals surface area (Å²) in [7, 11) is 0. The van der Waals surface area contributed by atoms with Crippen molar-refractivity contribution in [3.8, 4) is 0 Å². The van der Waals surface area contributed by atoms with Gasteiger partial charge in [-0.05, 0) is 56.4 Å². The Bertz CT molecular complexity index is 931. The molecular formula is C27H38ClN3O2. The summed E-state index contributed by atoms with van der Waals surface area (Å²) in [6, 6.07) is 11.9. The van der Waals surface area contributed by atoms with Crippen LogP contribution in [-0.4, -0.2) is 45.3 Å². The Balaban J connectivity index is 1.74. The zero-order chi connectivity index (χ0) is 24.0. The maximum absolute atomic E-state index is 13.5. The highest BCUT2D eigenvalue weighted by Crippen LogP contribution is 2.27. The average molecular weight is 472 g/mol. The quantitative estimate of drug-likeness (QED) is 0.452. The first-order chi connectivity index (χ1) is 15.8. The number of nitrogens with zero attached hydrogens (tertiary/aromatic N) is 3. The summed E-state index contributed by atoms with van der Waals surface area (Å²) in [5.41, 5.74) is 2.11. The van der Waals surface area contributed by atoms with Gasteiger partial charge in [-0.3, -0.25) is 9.59 Å². The van der Waals surface area contributed by atoms with E-state index in [1.807, 2.05) is 55.3 Å². The number of aromatic nitrogens is 1. The molecule has 1 heterocycles. The number of rotatable bonds is 10. The molecule has 6 heteroatoms. The molecule has 3 rings (SSSR count). The molecule has 1 saturated carbocycles. The van der Waals surface area contributed by atoms with Crippen LogP contribution < -0.4 is 0 Å². The molecular weight excluding hydrogens is 434 g/mol. The monoisotopic (exact) mass is 471 g/mol. The second kappa shape index (κ2) is 11.7. The number of halogens is 1. The Labute approximate surface area is 203 Å². The number of carbonyl (C=O) groups excluding carboxylic acids is 2. The summed E-state index contributed by atoms with van der Waals surface area (Å²) in [5, 5.41) is 0.741. The smallest absolute Gasteiger partial charge is 0.242 e. The van der Waals surface area contributed by atoms with E-state index in [1.165, 1.54) is 0 Å². The zero-order valence-corrected chi connectivity index (χ0v) is 21.2. The molecule has 1 aliphatic carbocycles. The van der Waals surface area contributed by atoms with Crippen molar-refractivity contribution in [1.82, 2.24) is 14.4 Å². The Hall–Kier alpha value is -2.27. The molecule has 0 radical (unpaired) electrons. The van der Waals surface area contributed by atoms with Gasteiger partial charge in [-0.15, -0.1) is 0 Å². The van der Waals surface area contributed by atoms with Crippen molar-refractivity contribution in [2.75, 3.05) is 13.1 Å². The maximum atomic E-state index is 13.5. The largest absolute Gasteiger partial charge is 0.345 e. The Morgan fingerprint density at radius 2 is 1.76 bits per heavy atom. The van der Waals surface area contributed by atoms with Crippen LogP contribution in [0, 0.1) is 11.8 Å². The lowest BCUT2D eigenvalue weighted by Gasteiger charge is -2.32. The van der Waals surface area contributed by atoms with Crippen molar-refractivity contribution in [1.29, 1.82) is 0 Å². The second-order valence-corrected chi connectivity index (χ2v) is 10.3. The van der Waals surface area contributed by atoms with Gasteiger partial charge in [-0.25, -0.2) is 0 Å². The summed E-state index contributed by atoms with van der Waals surface area (Å²) in [4.78, 5) is 30.3. The zero-order valence-electron chi connectivity index (χ0n) is 20.5. The third-order valence-corrected chi connectivity index (χ3v) is 6.80. The van der Waals surface area contributed by atoms with Crippen molar-refractivity contribution in [3.63, 3.8) is 0 Å². The average Bonchev–Trinajstić information content (AvgIpc) is 3.44. The molecule has 1 aromatic carbocycles. The van der Waals surface area contributed by atoms with Crippen LogP contribution in [0.4, 0.5) is 0 Å². The summed E-state index contributed by atoms with van der Waals surface area (Å²) >= 11 is 6.37. The topological polar surface area (TPSA) is 45.6 Å². The molecule has 0 N–H and O–H groups in total. The third-order valence-electron chi connectivity index (χ3n) is 6.43. The fourth-order valence-corrected chi connectivity index (χ4v) is 4.81. The summed E-state index contributed by atoms with van der Waals surface area (Å²) in [6.07, 6.45) is 6.14. The highest BCUT2D eigenvalue weighted by molar-refractivity contribution is 6.31. The van der Waals surface area contributed by atoms with Gasteiger partial charge < -0.3 is 14.4 Å². The minimum atomic E-state index is 0.00651. The SMILES string of the molecule is CC(C)CN(Cc1cccn1Cc1ccccc1Cl)C(=O)CN(C(=O)C1CCCC1)C(C)C. The Morgan fingerprint density at radius 3 is 2.39 bits per heavy atom. The van der Waals surface area contributed by atoms with Crippen LogP contribution in [-0.2, 0) is 22.7 Å². The van der Waals surface area contributed by atoms with Gasteiger partial charge in [-0.2, -0.15) is 0 Å². The number of carbonyl (C=O) groups is 2. The summed E-state index contributed by atoms with van der Waals surface area (Å²) in [6.45, 7) is 10.2. The van der Waals surface area contributed by atoms with Crippen molar-refractivity contribution in [2.24, 2.45) is 11.8 Å². The molecule has 2 aromatic rings. The van der Waals surface area contributed by atoms with E-state index >= 15 is 0 Å². The van der Waals surface area contributed by atoms with Gasteiger partial charge in [0, 0.05) is 42.0 Å². The van der Waals surface area contributed by atoms with E-state index in [0.29, 0.717) is 25.6 Å². The first-order valence-corrected chi connectivity index (χ1v) is 12.6. The lowest BCUT2D eigenvalue weighted by atomic mass is 10.1. The standard InChI is InChI=1S/C27H38ClN3O2/c1-20(2)16-30(26(32)19-31(21(3)4)27(33)22-10-5-6-11-22)18-24-13-9-15-29(24)17-23-12-7-8-14-25(23)28/h7-9,12-15,20-22H,5-6,10-11,16-19H2,1-4H3. The minimum Gasteiger partial charge on any atom is -0.345 e. The van der Waals surface area contributed by atoms with Crippen LogP contribution >= 0.6 is 11.6 Å². The third kappa shape index (κ3) is 6.86. The molecule has 5 nitrogen and oxygen atoms in total. The van der Waals surface area contributed by atoms with Crippen molar-refractivity contribution in [3.05, 3.63) is 58.9 Å². The lowest BCUT2D eigenvalue weighted by Crippen LogP contribution is -2.48. The van der Waals surface area contributed by atoms with Gasteiger partial charge in [0.2, 0.25) is 11.8 Å². The molecule has 1 fully saturated rings. The van der Waals surface area contributed by atoms with Gasteiger partial charge in [0.05, 0.1) is 13.1 Å². The lowest BCUT2D eigenvalue weighted by molar-refractivity contribution is -0.145. The van der Waals surface area contributed by atoms with E-state index in [0.717, 1.165) is 42.0 Å². The van der Waals surface area contributed by atoms with E-state index in [-0.39, 0.29) is 30.3 Å². The molecule has 0 aliphatic heterocycles. The van der Waals surface area contributed by atoms with Crippen LogP contribution in [0.2, 0.25) is 5.02 Å². The molecule has 2 amide bonds. The van der Waals surface area contributed by atoms with Crippen molar-refractivity contribution >= 4 is 23.4 Å². The fourth-order valence-electron chi connectivity index (χ4n) is 4.62. The van der Waals surface area contributed by atoms with Gasteiger partial charge >= 0.3 is 0 Å². The fraction of sp³-hybridized carbons (Fsp3) is 0.556. The van der Waals surface area contributed by atoms with Crippen LogP contribution in [0.3, 0.4) is 0 Å². The Kier molecular flexibility index (Phi) is 9.02. The molecule has 180 valence electrons. The number of hydrogen-bond donors (Lipinski definition) is 0. The molecule has 0 atom stereocenters. The molecule has 1 aliphatic rings. The molecule has 33 heavy (non-hydrogen) atoms. The van der Waals surface area contributed by atoms with E-state index in [9.17, 15) is 9.59 Å². The van der Waals surface area contributed by atoms with Crippen LogP contribution in [0.5, 0.6) is 0 Å². The summed E-state index contributed by atoms with van der Waals surface area (Å²) < 4.78 is 2.14. The second-order valence-electron chi connectivity index (χ2n) is 9.93. The highest BCUT2D eigenvalue weighted by Gasteiger charge is 2.31. The maximum Gasteiger partial charge on any atom is 0.242 e. The van der Waals surface area contributed by atoms with Gasteiger partial charge in [0.25, 0.3) is 0 Å². The van der Waals surface area contributed by atoms with Crippen LogP contribution in [0.15, 0.2) is 42.6 Å². The van der Waals surface area contributed by atoms with Gasteiger partial charge in [0.15, 0.2) is 0 Å². The van der Waals surface area contributed by atoms with Crippen molar-refractivity contribution < 1.29 is 9.59 Å². The predicted octanol–water partition coefficient (Wildman–Crippen LogP) is 5.60. The molecule has 0 unspecified atom stereocenters. The molecule has 0 saturated heterocycles. The number of benzene rings is 1. The Morgan fingerprint density at radius 1 is 1.06 bits per heavy atom. The minimum absolute atomic E-state index is 0.00651. The highest BCUT2D eigenvalue weighted by atomic mass is 35.5. The summed E-state index contributed by atoms with van der Waals surface area (Å²) in [5.74, 6) is 0.558. The van der Waals surface area contributed by atoms with Gasteiger partial charge in [0.1, 0.15) is 0 Å². The molecule has 0 bridgehead atoms. The predicted molar refractivity (Wildman–Crippen MR) is 134 cm³/mol. The van der Waals surface area contributed by atoms with Crippen LogP contribution in [0.1, 0.15) is 64.6 Å². The first kappa shape index (κ1) is 25.4. The van der Waals surface area contributed by atoms with Crippen molar-refractivity contribution in [2.45, 2.75) is 72.5 Å². The van der Waals surface area contributed by atoms with E-state index < -0.39 is 0 Å². The molecule has 1 aromatic heterocycles. The molecule has 0 spiro atoms. The number of amides is 2. The van der Waals surface area contributed by atoms with E-state index in [4.69, 9.17) is 11.6 Å².